The Morgan fingerprint density at radius 1 is 1.52 bits per heavy atom. The number of nitrogens with two attached hydrogens (primary N) is 1. The van der Waals surface area contributed by atoms with Gasteiger partial charge in [0.1, 0.15) is 4.88 Å². The number of aromatic nitrogens is 1. The van der Waals surface area contributed by atoms with Crippen LogP contribution in [0.1, 0.15) is 29.4 Å². The molecule has 1 fully saturated rings. The Morgan fingerprint density at radius 3 is 2.90 bits per heavy atom. The van der Waals surface area contributed by atoms with E-state index >= 15 is 0 Å². The number of piperidine rings is 1. The van der Waals surface area contributed by atoms with Crippen molar-refractivity contribution in [2.45, 2.75) is 25.8 Å². The Kier molecular flexibility index (Phi) is 4.07. The average molecular weight is 305 g/mol. The van der Waals surface area contributed by atoms with E-state index in [4.69, 9.17) is 10.2 Å². The molecule has 1 aliphatic heterocycles. The number of hydrogen-bond donors (Lipinski definition) is 1. The molecule has 5 nitrogen and oxygen atoms in total. The van der Waals surface area contributed by atoms with E-state index in [0.29, 0.717) is 16.6 Å². The molecular formula is C15H19N3O2S. The van der Waals surface area contributed by atoms with Gasteiger partial charge in [0.25, 0.3) is 5.91 Å². The van der Waals surface area contributed by atoms with E-state index in [1.807, 2.05) is 24.0 Å². The van der Waals surface area contributed by atoms with Gasteiger partial charge in [-0.15, -0.1) is 11.3 Å². The van der Waals surface area contributed by atoms with Crippen molar-refractivity contribution in [2.24, 2.45) is 11.7 Å². The molecule has 2 aromatic heterocycles. The summed E-state index contributed by atoms with van der Waals surface area (Å²) in [5.74, 6) is 1.29. The maximum atomic E-state index is 12.5. The van der Waals surface area contributed by atoms with Crippen LogP contribution in [0.3, 0.4) is 0 Å². The van der Waals surface area contributed by atoms with Crippen LogP contribution in [-0.2, 0) is 0 Å². The molecule has 0 aromatic carbocycles. The molecule has 0 bridgehead atoms. The maximum absolute atomic E-state index is 12.5. The van der Waals surface area contributed by atoms with Gasteiger partial charge >= 0.3 is 0 Å². The normalized spacial score (nSPS) is 17.9. The summed E-state index contributed by atoms with van der Waals surface area (Å²) in [6.45, 7) is 3.60. The first-order chi connectivity index (χ1) is 10.1. The summed E-state index contributed by atoms with van der Waals surface area (Å²) in [5.41, 5.74) is 5.94. The number of thiazole rings is 1. The van der Waals surface area contributed by atoms with Gasteiger partial charge in [0.15, 0.2) is 10.8 Å². The molecule has 2 aromatic rings. The largest absolute Gasteiger partial charge is 0.462 e. The number of likely N-dealkylation sites (tertiary alicyclic amines) is 1. The number of carbonyl (C=O) groups excluding carboxylic acids is 1. The lowest BCUT2D eigenvalue weighted by Crippen LogP contribution is -2.42. The summed E-state index contributed by atoms with van der Waals surface area (Å²) >= 11 is 1.38. The Bertz CT molecular complexity index is 598. The Balaban J connectivity index is 1.66. The van der Waals surface area contributed by atoms with Gasteiger partial charge in [-0.3, -0.25) is 4.79 Å². The summed E-state index contributed by atoms with van der Waals surface area (Å²) in [7, 11) is 0. The molecule has 21 heavy (non-hydrogen) atoms. The fourth-order valence-electron chi connectivity index (χ4n) is 2.67. The predicted octanol–water partition coefficient (Wildman–Crippen LogP) is 2.60. The molecular weight excluding hydrogens is 286 g/mol. The van der Waals surface area contributed by atoms with Crippen LogP contribution in [0.4, 0.5) is 0 Å². The third-order valence-corrected chi connectivity index (χ3v) is 5.02. The second kappa shape index (κ2) is 5.99. The van der Waals surface area contributed by atoms with Crippen molar-refractivity contribution in [2.75, 3.05) is 13.1 Å². The first kappa shape index (κ1) is 14.3. The first-order valence-corrected chi connectivity index (χ1v) is 8.01. The molecule has 1 aliphatic rings. The van der Waals surface area contributed by atoms with Gasteiger partial charge < -0.3 is 15.1 Å². The van der Waals surface area contributed by atoms with Crippen LogP contribution in [0.5, 0.6) is 0 Å². The van der Waals surface area contributed by atoms with Crippen molar-refractivity contribution in [3.8, 4) is 10.8 Å². The number of hydrogen-bond acceptors (Lipinski definition) is 5. The highest BCUT2D eigenvalue weighted by atomic mass is 32.1. The smallest absolute Gasteiger partial charge is 0.265 e. The van der Waals surface area contributed by atoms with Gasteiger partial charge in [0, 0.05) is 19.1 Å². The summed E-state index contributed by atoms with van der Waals surface area (Å²) in [6, 6.07) is 3.87. The summed E-state index contributed by atoms with van der Waals surface area (Å²) < 4.78 is 5.31. The predicted molar refractivity (Wildman–Crippen MR) is 82.1 cm³/mol. The van der Waals surface area contributed by atoms with Crippen molar-refractivity contribution < 1.29 is 9.21 Å². The lowest BCUT2D eigenvalue weighted by molar-refractivity contribution is 0.0685. The number of rotatable bonds is 3. The van der Waals surface area contributed by atoms with Crippen molar-refractivity contribution in [1.29, 1.82) is 0 Å². The highest BCUT2D eigenvalue weighted by molar-refractivity contribution is 7.16. The van der Waals surface area contributed by atoms with Gasteiger partial charge in [0.05, 0.1) is 12.5 Å². The van der Waals surface area contributed by atoms with Crippen LogP contribution in [0.15, 0.2) is 29.0 Å². The van der Waals surface area contributed by atoms with Crippen LogP contribution in [-0.4, -0.2) is 34.9 Å². The average Bonchev–Trinajstić information content (AvgIpc) is 3.17. The molecule has 0 saturated carbocycles. The zero-order chi connectivity index (χ0) is 14.8. The molecule has 3 rings (SSSR count). The lowest BCUT2D eigenvalue weighted by Gasteiger charge is -2.33. The van der Waals surface area contributed by atoms with Crippen molar-refractivity contribution in [3.63, 3.8) is 0 Å². The van der Waals surface area contributed by atoms with Gasteiger partial charge in [0.2, 0.25) is 0 Å². The second-order valence-electron chi connectivity index (χ2n) is 5.50. The Labute approximate surface area is 127 Å². The van der Waals surface area contributed by atoms with Gasteiger partial charge in [-0.05, 0) is 37.8 Å². The second-order valence-corrected chi connectivity index (χ2v) is 6.53. The van der Waals surface area contributed by atoms with E-state index in [9.17, 15) is 4.79 Å². The van der Waals surface area contributed by atoms with Gasteiger partial charge in [-0.1, -0.05) is 0 Å². The molecule has 2 N–H and O–H groups in total. The molecule has 1 saturated heterocycles. The van der Waals surface area contributed by atoms with Crippen molar-refractivity contribution in [1.82, 2.24) is 9.88 Å². The number of furan rings is 1. The van der Waals surface area contributed by atoms with Crippen LogP contribution in [0.25, 0.3) is 10.8 Å². The summed E-state index contributed by atoms with van der Waals surface area (Å²) in [6.07, 6.45) is 5.21. The Hall–Kier alpha value is -1.66. The summed E-state index contributed by atoms with van der Waals surface area (Å²) in [4.78, 5) is 19.3. The summed E-state index contributed by atoms with van der Waals surface area (Å²) in [5, 5.41) is 0.744. The van der Waals surface area contributed by atoms with E-state index in [1.54, 1.807) is 12.5 Å². The van der Waals surface area contributed by atoms with E-state index < -0.39 is 0 Å². The monoisotopic (exact) mass is 305 g/mol. The van der Waals surface area contributed by atoms with Crippen LogP contribution in [0.2, 0.25) is 0 Å². The highest BCUT2D eigenvalue weighted by Gasteiger charge is 2.26. The van der Waals surface area contributed by atoms with Gasteiger partial charge in [-0.2, -0.15) is 0 Å². The standard InChI is InChI=1S/C15H19N3O2S/c1-10(16)11-4-6-18(7-5-11)15(19)13-9-17-14(21-13)12-3-2-8-20-12/h2-3,8-11H,4-7,16H2,1H3. The number of nitrogens with zero attached hydrogens (tertiary/aromatic N) is 2. The van der Waals surface area contributed by atoms with Crippen LogP contribution in [0, 0.1) is 5.92 Å². The molecule has 3 heterocycles. The van der Waals surface area contributed by atoms with E-state index in [-0.39, 0.29) is 11.9 Å². The van der Waals surface area contributed by atoms with Gasteiger partial charge in [-0.25, -0.2) is 4.98 Å². The van der Waals surface area contributed by atoms with Crippen molar-refractivity contribution in [3.05, 3.63) is 29.5 Å². The van der Waals surface area contributed by atoms with E-state index in [2.05, 4.69) is 4.98 Å². The molecule has 0 spiro atoms. The Morgan fingerprint density at radius 2 is 2.29 bits per heavy atom. The number of carbonyl (C=O) groups is 1. The van der Waals surface area contributed by atoms with E-state index in [0.717, 1.165) is 30.9 Å². The molecule has 0 radical (unpaired) electrons. The zero-order valence-corrected chi connectivity index (χ0v) is 12.8. The first-order valence-electron chi connectivity index (χ1n) is 7.19. The molecule has 0 aliphatic carbocycles. The zero-order valence-electron chi connectivity index (χ0n) is 12.0. The van der Waals surface area contributed by atoms with Crippen LogP contribution >= 0.6 is 11.3 Å². The lowest BCUT2D eigenvalue weighted by atomic mass is 9.91. The van der Waals surface area contributed by atoms with E-state index in [1.165, 1.54) is 11.3 Å². The molecule has 1 atom stereocenters. The third kappa shape index (κ3) is 3.01. The quantitative estimate of drug-likeness (QED) is 0.946. The maximum Gasteiger partial charge on any atom is 0.265 e. The van der Waals surface area contributed by atoms with Crippen LogP contribution < -0.4 is 5.73 Å². The minimum atomic E-state index is 0.0634. The third-order valence-electron chi connectivity index (χ3n) is 4.02. The molecule has 1 amide bonds. The minimum absolute atomic E-state index is 0.0634. The topological polar surface area (TPSA) is 72.4 Å². The molecule has 112 valence electrons. The molecule has 1 unspecified atom stereocenters. The SMILES string of the molecule is CC(N)C1CCN(C(=O)c2cnc(-c3ccco3)s2)CC1. The molecule has 6 heteroatoms. The minimum Gasteiger partial charge on any atom is -0.462 e. The highest BCUT2D eigenvalue weighted by Crippen LogP contribution is 2.27. The fourth-order valence-corrected chi connectivity index (χ4v) is 3.52. The van der Waals surface area contributed by atoms with Crippen molar-refractivity contribution >= 4 is 17.2 Å². The fraction of sp³-hybridized carbons (Fsp3) is 0.467. The number of amides is 1.